The second-order valence-corrected chi connectivity index (χ2v) is 7.84. The van der Waals surface area contributed by atoms with Gasteiger partial charge in [-0.3, -0.25) is 0 Å². The van der Waals surface area contributed by atoms with E-state index in [0.29, 0.717) is 27.5 Å². The summed E-state index contributed by atoms with van der Waals surface area (Å²) in [5.41, 5.74) is -0.319. The molecule has 0 amide bonds. The van der Waals surface area contributed by atoms with Crippen molar-refractivity contribution in [3.8, 4) is 17.3 Å². The summed E-state index contributed by atoms with van der Waals surface area (Å²) in [6, 6.07) is 13.4. The Kier molecular flexibility index (Phi) is 5.74. The number of nitrogens with one attached hydrogen (secondary N) is 1. The Morgan fingerprint density at radius 2 is 1.94 bits per heavy atom. The van der Waals surface area contributed by atoms with Gasteiger partial charge in [0.25, 0.3) is 0 Å². The smallest absolute Gasteiger partial charge is 0.417 e. The molecule has 4 rings (SSSR count). The molecule has 160 valence electrons. The minimum absolute atomic E-state index is 0.221. The van der Waals surface area contributed by atoms with Gasteiger partial charge >= 0.3 is 11.8 Å². The number of halogens is 4. The van der Waals surface area contributed by atoms with Crippen LogP contribution in [-0.4, -0.2) is 4.98 Å². The van der Waals surface area contributed by atoms with Gasteiger partial charge in [0, 0.05) is 45.4 Å². The van der Waals surface area contributed by atoms with Crippen molar-refractivity contribution in [2.75, 3.05) is 5.32 Å². The number of anilines is 1. The summed E-state index contributed by atoms with van der Waals surface area (Å²) in [6.07, 6.45) is -3.30. The summed E-state index contributed by atoms with van der Waals surface area (Å²) >= 11 is 7.16. The van der Waals surface area contributed by atoms with Gasteiger partial charge in [0.1, 0.15) is 22.2 Å². The van der Waals surface area contributed by atoms with Crippen molar-refractivity contribution >= 4 is 45.2 Å². The van der Waals surface area contributed by atoms with Crippen LogP contribution >= 0.6 is 22.9 Å². The molecular weight excluding hydrogens is 463 g/mol. The lowest BCUT2D eigenvalue weighted by atomic mass is 10.1. The Hall–Kier alpha value is -3.61. The van der Waals surface area contributed by atoms with Crippen molar-refractivity contribution in [1.82, 2.24) is 4.98 Å². The molecule has 2 aromatic carbocycles. The van der Waals surface area contributed by atoms with E-state index in [1.54, 1.807) is 17.5 Å². The molecule has 10 heteroatoms. The molecule has 0 saturated carbocycles. The molecule has 0 unspecified atom stereocenters. The van der Waals surface area contributed by atoms with E-state index in [9.17, 15) is 23.2 Å². The number of aromatic nitrogens is 1. The van der Waals surface area contributed by atoms with Gasteiger partial charge in [0.2, 0.25) is 0 Å². The Bertz CT molecular complexity index is 1430. The van der Waals surface area contributed by atoms with Crippen LogP contribution < -0.4 is 10.9 Å². The topological polar surface area (TPSA) is 78.9 Å². The number of fused-ring (bicyclic) bond motifs is 1. The summed E-state index contributed by atoms with van der Waals surface area (Å²) < 4.78 is 44.4. The number of hydrogen-bond donors (Lipinski definition) is 1. The van der Waals surface area contributed by atoms with Gasteiger partial charge in [-0.25, -0.2) is 9.78 Å². The normalized spacial score (nSPS) is 12.0. The van der Waals surface area contributed by atoms with Gasteiger partial charge in [-0.2, -0.15) is 18.4 Å². The molecule has 32 heavy (non-hydrogen) atoms. The molecule has 0 spiro atoms. The lowest BCUT2D eigenvalue weighted by Gasteiger charge is -2.10. The lowest BCUT2D eigenvalue weighted by Crippen LogP contribution is -2.11. The summed E-state index contributed by atoms with van der Waals surface area (Å²) in [5, 5.41) is 15.0. The third-order valence-corrected chi connectivity index (χ3v) is 5.56. The highest BCUT2D eigenvalue weighted by atomic mass is 35.5. The van der Waals surface area contributed by atoms with E-state index in [0.717, 1.165) is 5.56 Å². The van der Waals surface area contributed by atoms with Crippen LogP contribution in [0, 0.1) is 11.3 Å². The maximum atomic E-state index is 13.2. The molecule has 0 radical (unpaired) electrons. The first-order chi connectivity index (χ1) is 15.2. The number of nitrogens with zero attached hydrogens (tertiary/aromatic N) is 2. The zero-order valence-corrected chi connectivity index (χ0v) is 17.5. The standard InChI is InChI=1S/C22H11ClF3N3O2S/c23-14-3-1-12(2-4-14)18-11-32-21(29-18)13(9-27)10-28-15-5-6-16-17(22(24,25)26)8-20(30)31-19(16)7-15/h1-8,10-11,28H. The molecule has 4 aromatic rings. The van der Waals surface area contributed by atoms with E-state index in [-0.39, 0.29) is 16.5 Å². The average Bonchev–Trinajstić information content (AvgIpc) is 3.23. The zero-order valence-electron chi connectivity index (χ0n) is 15.9. The Morgan fingerprint density at radius 3 is 2.62 bits per heavy atom. The van der Waals surface area contributed by atoms with E-state index in [2.05, 4.69) is 10.3 Å². The molecule has 1 N–H and O–H groups in total. The Labute approximate surface area is 188 Å². The van der Waals surface area contributed by atoms with E-state index in [1.165, 1.54) is 35.7 Å². The van der Waals surface area contributed by atoms with Crippen LogP contribution in [-0.2, 0) is 6.18 Å². The number of nitriles is 1. The highest BCUT2D eigenvalue weighted by molar-refractivity contribution is 7.11. The highest BCUT2D eigenvalue weighted by Gasteiger charge is 2.33. The third-order valence-electron chi connectivity index (χ3n) is 4.43. The van der Waals surface area contributed by atoms with Crippen molar-refractivity contribution in [1.29, 1.82) is 5.26 Å². The molecule has 0 aliphatic rings. The van der Waals surface area contributed by atoms with Gasteiger partial charge in [0.15, 0.2) is 0 Å². The number of hydrogen-bond acceptors (Lipinski definition) is 6. The molecule has 0 aliphatic carbocycles. The largest absolute Gasteiger partial charge is 0.423 e. The predicted octanol–water partition coefficient (Wildman–Crippen LogP) is 6.57. The third kappa shape index (κ3) is 4.51. The van der Waals surface area contributed by atoms with Crippen LogP contribution in [0.1, 0.15) is 10.6 Å². The summed E-state index contributed by atoms with van der Waals surface area (Å²) in [6.45, 7) is 0. The van der Waals surface area contributed by atoms with Crippen LogP contribution in [0.4, 0.5) is 18.9 Å². The number of rotatable bonds is 4. The molecule has 2 heterocycles. The van der Waals surface area contributed by atoms with Crippen LogP contribution in [0.2, 0.25) is 5.02 Å². The summed E-state index contributed by atoms with van der Waals surface area (Å²) in [5.74, 6) is 0. The van der Waals surface area contributed by atoms with E-state index in [4.69, 9.17) is 16.0 Å². The lowest BCUT2D eigenvalue weighted by molar-refractivity contribution is -0.136. The number of thiazole rings is 1. The van der Waals surface area contributed by atoms with Crippen molar-refractivity contribution in [2.24, 2.45) is 0 Å². The first-order valence-electron chi connectivity index (χ1n) is 8.98. The van der Waals surface area contributed by atoms with Crippen molar-refractivity contribution < 1.29 is 17.6 Å². The fraction of sp³-hybridized carbons (Fsp3) is 0.0455. The van der Waals surface area contributed by atoms with E-state index in [1.807, 2.05) is 18.2 Å². The van der Waals surface area contributed by atoms with Crippen LogP contribution in [0.3, 0.4) is 0 Å². The van der Waals surface area contributed by atoms with Gasteiger partial charge in [0.05, 0.1) is 11.3 Å². The first-order valence-corrected chi connectivity index (χ1v) is 10.2. The van der Waals surface area contributed by atoms with Crippen LogP contribution in [0.5, 0.6) is 0 Å². The zero-order chi connectivity index (χ0) is 22.9. The fourth-order valence-electron chi connectivity index (χ4n) is 2.94. The first kappa shape index (κ1) is 21.6. The summed E-state index contributed by atoms with van der Waals surface area (Å²) in [4.78, 5) is 16.0. The molecular formula is C22H11ClF3N3O2S. The molecule has 5 nitrogen and oxygen atoms in total. The average molecular weight is 474 g/mol. The maximum Gasteiger partial charge on any atom is 0.417 e. The molecule has 0 aliphatic heterocycles. The second-order valence-electron chi connectivity index (χ2n) is 6.55. The molecule has 0 bridgehead atoms. The van der Waals surface area contributed by atoms with Crippen molar-refractivity contribution in [2.45, 2.75) is 6.18 Å². The second kappa shape index (κ2) is 8.49. The van der Waals surface area contributed by atoms with E-state index >= 15 is 0 Å². The maximum absolute atomic E-state index is 13.2. The predicted molar refractivity (Wildman–Crippen MR) is 117 cm³/mol. The van der Waals surface area contributed by atoms with Crippen molar-refractivity contribution in [3.05, 3.63) is 86.1 Å². The van der Waals surface area contributed by atoms with Gasteiger partial charge in [-0.05, 0) is 24.3 Å². The minimum atomic E-state index is -4.69. The monoisotopic (exact) mass is 473 g/mol. The molecule has 0 saturated heterocycles. The van der Waals surface area contributed by atoms with Crippen LogP contribution in [0.15, 0.2) is 69.3 Å². The molecule has 0 atom stereocenters. The minimum Gasteiger partial charge on any atom is -0.423 e. The highest BCUT2D eigenvalue weighted by Crippen LogP contribution is 2.34. The number of alkyl halides is 3. The molecule has 2 aromatic heterocycles. The quantitative estimate of drug-likeness (QED) is 0.268. The number of benzene rings is 2. The van der Waals surface area contributed by atoms with Crippen LogP contribution in [0.25, 0.3) is 27.8 Å². The number of allylic oxidation sites excluding steroid dienone is 1. The van der Waals surface area contributed by atoms with Gasteiger partial charge in [-0.15, -0.1) is 11.3 Å². The SMILES string of the molecule is N#CC(=CNc1ccc2c(C(F)(F)F)cc(=O)oc2c1)c1nc(-c2ccc(Cl)cc2)cs1. The Morgan fingerprint density at radius 1 is 1.19 bits per heavy atom. The molecule has 0 fully saturated rings. The van der Waals surface area contributed by atoms with Gasteiger partial charge < -0.3 is 9.73 Å². The van der Waals surface area contributed by atoms with E-state index < -0.39 is 17.4 Å². The van der Waals surface area contributed by atoms with Gasteiger partial charge in [-0.1, -0.05) is 23.7 Å². The summed E-state index contributed by atoms with van der Waals surface area (Å²) in [7, 11) is 0. The fourth-order valence-corrected chi connectivity index (χ4v) is 3.86. The Balaban J connectivity index is 1.62. The van der Waals surface area contributed by atoms with Crippen molar-refractivity contribution in [3.63, 3.8) is 0 Å².